The highest BCUT2D eigenvalue weighted by atomic mass is 16.5. The molecule has 1 amide bonds. The van der Waals surface area contributed by atoms with Crippen LogP contribution in [0.5, 0.6) is 5.75 Å². The molecule has 3 atom stereocenters. The Bertz CT molecular complexity index is 1520. The highest BCUT2D eigenvalue weighted by molar-refractivity contribution is 6.32. The van der Waals surface area contributed by atoms with Gasteiger partial charge in [0.25, 0.3) is 0 Å². The first kappa shape index (κ1) is 23.9. The number of methoxy groups -OCH3 is 1. The summed E-state index contributed by atoms with van der Waals surface area (Å²) < 4.78 is 5.35. The van der Waals surface area contributed by atoms with E-state index in [1.54, 1.807) is 55.6 Å². The summed E-state index contributed by atoms with van der Waals surface area (Å²) in [5.74, 6) is -1.04. The van der Waals surface area contributed by atoms with Crippen molar-refractivity contribution in [1.82, 2.24) is 0 Å². The Morgan fingerprint density at radius 3 is 2.13 bits per heavy atom. The van der Waals surface area contributed by atoms with Crippen molar-refractivity contribution in [2.45, 2.75) is 31.8 Å². The van der Waals surface area contributed by atoms with Crippen molar-refractivity contribution in [3.8, 4) is 5.75 Å². The number of ether oxygens (including phenoxy) is 1. The normalized spacial score (nSPS) is 22.2. The molecule has 1 fully saturated rings. The molecule has 0 saturated carbocycles. The van der Waals surface area contributed by atoms with Crippen molar-refractivity contribution in [1.29, 1.82) is 0 Å². The van der Waals surface area contributed by atoms with Crippen molar-refractivity contribution >= 4 is 40.7 Å². The van der Waals surface area contributed by atoms with Gasteiger partial charge in [-0.15, -0.1) is 0 Å². The molecule has 3 aromatic rings. The summed E-state index contributed by atoms with van der Waals surface area (Å²) in [5.41, 5.74) is 1.95. The van der Waals surface area contributed by atoms with Crippen LogP contribution in [0.2, 0.25) is 0 Å². The predicted octanol–water partition coefficient (Wildman–Crippen LogP) is 4.68. The Balaban J connectivity index is 1.64. The molecule has 7 heteroatoms. The first-order chi connectivity index (χ1) is 18.3. The van der Waals surface area contributed by atoms with Gasteiger partial charge in [0.15, 0.2) is 17.3 Å². The molecule has 7 nitrogen and oxygen atoms in total. The Kier molecular flexibility index (Phi) is 5.35. The zero-order valence-corrected chi connectivity index (χ0v) is 21.2. The van der Waals surface area contributed by atoms with Gasteiger partial charge in [-0.1, -0.05) is 54.6 Å². The second kappa shape index (κ2) is 8.52. The van der Waals surface area contributed by atoms with Crippen molar-refractivity contribution in [3.05, 3.63) is 95.1 Å². The number of fused-ring (bicyclic) bond motifs is 5. The van der Waals surface area contributed by atoms with E-state index < -0.39 is 23.4 Å². The lowest BCUT2D eigenvalue weighted by molar-refractivity contribution is -0.118. The molecular weight excluding hydrogens is 480 g/mol. The van der Waals surface area contributed by atoms with Crippen LogP contribution in [0.25, 0.3) is 6.08 Å². The maximum absolute atomic E-state index is 14.4. The van der Waals surface area contributed by atoms with Gasteiger partial charge in [-0.3, -0.25) is 19.2 Å². The summed E-state index contributed by atoms with van der Waals surface area (Å²) in [7, 11) is 1.57. The molecular formula is C31H26N2O5. The van der Waals surface area contributed by atoms with E-state index in [0.29, 0.717) is 33.8 Å². The Labute approximate surface area is 220 Å². The zero-order valence-electron chi connectivity index (χ0n) is 21.2. The van der Waals surface area contributed by atoms with Crippen molar-refractivity contribution in [3.63, 3.8) is 0 Å². The topological polar surface area (TPSA) is 92.8 Å². The smallest absolute Gasteiger partial charge is 0.221 e. The van der Waals surface area contributed by atoms with Gasteiger partial charge in [-0.2, -0.15) is 0 Å². The molecule has 3 aliphatic rings. The average Bonchev–Trinajstić information content (AvgIpc) is 3.35. The van der Waals surface area contributed by atoms with Gasteiger partial charge in [0, 0.05) is 35.2 Å². The highest BCUT2D eigenvalue weighted by Crippen LogP contribution is 2.61. The minimum atomic E-state index is -1.53. The molecule has 3 aromatic carbocycles. The van der Waals surface area contributed by atoms with E-state index in [4.69, 9.17) is 4.74 Å². The summed E-state index contributed by atoms with van der Waals surface area (Å²) in [6.07, 6.45) is 3.69. The van der Waals surface area contributed by atoms with Gasteiger partial charge in [0.1, 0.15) is 11.2 Å². The third kappa shape index (κ3) is 3.08. The molecule has 1 unspecified atom stereocenters. The number of amides is 1. The van der Waals surface area contributed by atoms with E-state index in [1.807, 2.05) is 35.3 Å². The van der Waals surface area contributed by atoms with Crippen LogP contribution in [0.4, 0.5) is 11.4 Å². The number of ketones is 3. The summed E-state index contributed by atoms with van der Waals surface area (Å²) in [6.45, 7) is 2.94. The number of rotatable bonds is 4. The number of carbonyl (C=O) groups excluding carboxylic acids is 4. The number of hydrogen-bond donors (Lipinski definition) is 1. The molecule has 38 heavy (non-hydrogen) atoms. The Morgan fingerprint density at radius 2 is 1.55 bits per heavy atom. The number of nitrogens with zero attached hydrogens (tertiary/aromatic N) is 1. The number of hydrogen-bond acceptors (Lipinski definition) is 6. The largest absolute Gasteiger partial charge is 0.497 e. The molecule has 190 valence electrons. The van der Waals surface area contributed by atoms with E-state index in [-0.39, 0.29) is 23.3 Å². The fourth-order valence-corrected chi connectivity index (χ4v) is 6.64. The number of benzene rings is 3. The number of nitrogens with one attached hydrogen (secondary N) is 1. The average molecular weight is 507 g/mol. The summed E-state index contributed by atoms with van der Waals surface area (Å²) in [6, 6.07) is 18.1. The SMILES string of the molecule is COc1ccc([C@H]2[C@H](C(C)=O)N3c4cccc(NC(C)=O)c4C=CC3C23C(=O)c2ccccc2C3=O)cc1. The van der Waals surface area contributed by atoms with E-state index in [2.05, 4.69) is 5.32 Å². The Hall–Kier alpha value is -4.52. The zero-order chi connectivity index (χ0) is 26.8. The van der Waals surface area contributed by atoms with Gasteiger partial charge in [-0.05, 0) is 36.8 Å². The van der Waals surface area contributed by atoms with Crippen LogP contribution in [-0.4, -0.2) is 42.5 Å². The van der Waals surface area contributed by atoms with Crippen molar-refractivity contribution in [2.24, 2.45) is 5.41 Å². The maximum Gasteiger partial charge on any atom is 0.221 e. The van der Waals surface area contributed by atoms with E-state index in [1.165, 1.54) is 13.8 Å². The van der Waals surface area contributed by atoms with Gasteiger partial charge in [0.2, 0.25) is 5.91 Å². The molecule has 0 aromatic heterocycles. The monoisotopic (exact) mass is 506 g/mol. The lowest BCUT2D eigenvalue weighted by Gasteiger charge is -2.37. The first-order valence-corrected chi connectivity index (χ1v) is 12.5. The number of Topliss-reactive ketones (excluding diaryl/α,β-unsaturated/α-hetero) is 3. The lowest BCUT2D eigenvalue weighted by Crippen LogP contribution is -2.48. The third-order valence-electron chi connectivity index (χ3n) is 8.05. The van der Waals surface area contributed by atoms with Gasteiger partial charge in [-0.25, -0.2) is 0 Å². The van der Waals surface area contributed by atoms with Gasteiger partial charge in [0.05, 0.1) is 24.9 Å². The van der Waals surface area contributed by atoms with Crippen LogP contribution < -0.4 is 15.0 Å². The van der Waals surface area contributed by atoms with Gasteiger partial charge >= 0.3 is 0 Å². The fourth-order valence-electron chi connectivity index (χ4n) is 6.64. The first-order valence-electron chi connectivity index (χ1n) is 12.5. The fraction of sp³-hybridized carbons (Fsp3) is 0.226. The molecule has 1 N–H and O–H groups in total. The number of carbonyl (C=O) groups is 4. The van der Waals surface area contributed by atoms with Crippen LogP contribution in [0.3, 0.4) is 0 Å². The Morgan fingerprint density at radius 1 is 0.895 bits per heavy atom. The van der Waals surface area contributed by atoms with Crippen molar-refractivity contribution < 1.29 is 23.9 Å². The molecule has 1 saturated heterocycles. The van der Waals surface area contributed by atoms with Crippen LogP contribution in [-0.2, 0) is 9.59 Å². The minimum absolute atomic E-state index is 0.157. The van der Waals surface area contributed by atoms with Crippen LogP contribution in [0.1, 0.15) is 51.6 Å². The summed E-state index contributed by atoms with van der Waals surface area (Å²) >= 11 is 0. The summed E-state index contributed by atoms with van der Waals surface area (Å²) in [5, 5.41) is 2.86. The second-order valence-corrected chi connectivity index (χ2v) is 10.0. The minimum Gasteiger partial charge on any atom is -0.497 e. The maximum atomic E-state index is 14.4. The van der Waals surface area contributed by atoms with E-state index in [0.717, 1.165) is 5.56 Å². The van der Waals surface area contributed by atoms with Crippen molar-refractivity contribution in [2.75, 3.05) is 17.3 Å². The second-order valence-electron chi connectivity index (χ2n) is 10.0. The molecule has 0 radical (unpaired) electrons. The molecule has 1 spiro atoms. The van der Waals surface area contributed by atoms with Gasteiger partial charge < -0.3 is 15.0 Å². The van der Waals surface area contributed by atoms with Crippen LogP contribution >= 0.6 is 0 Å². The lowest BCUT2D eigenvalue weighted by atomic mass is 9.64. The molecule has 0 bridgehead atoms. The van der Waals surface area contributed by atoms with E-state index >= 15 is 0 Å². The quantitative estimate of drug-likeness (QED) is 0.517. The predicted molar refractivity (Wildman–Crippen MR) is 144 cm³/mol. The molecule has 2 heterocycles. The number of anilines is 2. The summed E-state index contributed by atoms with van der Waals surface area (Å²) in [4.78, 5) is 56.2. The molecule has 6 rings (SSSR count). The standard InChI is InChI=1S/C31H26N2O5/c1-17(34)28-27(19-11-13-20(38-3)14-12-19)31(29(36)21-7-4-5-8-22(21)30(31)37)26-16-15-23-24(32-18(2)35)9-6-10-25(23)33(26)28/h4-16,26-28H,1-3H3,(H,32,35)/t26?,27-,28-/m0/s1. The van der Waals surface area contributed by atoms with Crippen LogP contribution in [0.15, 0.2) is 72.8 Å². The third-order valence-corrected chi connectivity index (χ3v) is 8.05. The molecule has 1 aliphatic carbocycles. The molecule has 2 aliphatic heterocycles. The van der Waals surface area contributed by atoms with Crippen LogP contribution in [0, 0.1) is 5.41 Å². The highest BCUT2D eigenvalue weighted by Gasteiger charge is 2.71. The van der Waals surface area contributed by atoms with E-state index in [9.17, 15) is 19.2 Å².